The van der Waals surface area contributed by atoms with Gasteiger partial charge >= 0.3 is 0 Å². The van der Waals surface area contributed by atoms with E-state index in [4.69, 9.17) is 0 Å². The lowest BCUT2D eigenvalue weighted by molar-refractivity contribution is -0.119. The molecule has 0 spiro atoms. The Morgan fingerprint density at radius 3 is 2.50 bits per heavy atom. The van der Waals surface area contributed by atoms with E-state index in [1.165, 1.54) is 0 Å². The maximum atomic E-state index is 11.2. The lowest BCUT2D eigenvalue weighted by atomic mass is 10.0. The molecule has 74 valence electrons. The van der Waals surface area contributed by atoms with Crippen LogP contribution in [0.15, 0.2) is 24.3 Å². The molecule has 0 saturated carbocycles. The number of benzene rings is 1. The molecule has 1 aromatic rings. The number of imide groups is 1. The fourth-order valence-electron chi connectivity index (χ4n) is 1.31. The summed E-state index contributed by atoms with van der Waals surface area (Å²) in [7, 11) is 0. The van der Waals surface area contributed by atoms with Crippen LogP contribution in [-0.2, 0) is 11.2 Å². The summed E-state index contributed by atoms with van der Waals surface area (Å²) in [5.41, 5.74) is 1.42. The molecular formula is C11H13NO2. The van der Waals surface area contributed by atoms with Crippen molar-refractivity contribution in [3.8, 4) is 0 Å². The summed E-state index contributed by atoms with van der Waals surface area (Å²) in [6.07, 6.45) is 0.307. The second kappa shape index (κ2) is 4.56. The Labute approximate surface area is 83.1 Å². The molecule has 0 fully saturated rings. The van der Waals surface area contributed by atoms with Gasteiger partial charge in [-0.05, 0) is 11.6 Å². The Hall–Kier alpha value is -1.64. The molecule has 1 aliphatic rings. The van der Waals surface area contributed by atoms with Gasteiger partial charge in [-0.1, -0.05) is 32.0 Å². The van der Waals surface area contributed by atoms with Gasteiger partial charge < -0.3 is 0 Å². The molecule has 0 aromatic heterocycles. The Kier molecular flexibility index (Phi) is 3.40. The van der Waals surface area contributed by atoms with E-state index < -0.39 is 0 Å². The molecule has 0 saturated heterocycles. The standard InChI is InChI=1S/C9H7NO2.C2H6/c11-8-5-6-3-1-2-4-7(6)9(12)10-8;1-2/h1-4H,5H2,(H,10,11,12);1-2H3. The minimum atomic E-state index is -0.290. The molecule has 2 rings (SSSR count). The fraction of sp³-hybridized carbons (Fsp3) is 0.273. The van der Waals surface area contributed by atoms with Crippen LogP contribution in [0, 0.1) is 0 Å². The number of fused-ring (bicyclic) bond motifs is 1. The van der Waals surface area contributed by atoms with E-state index in [-0.39, 0.29) is 11.8 Å². The normalized spacial score (nSPS) is 13.6. The zero-order chi connectivity index (χ0) is 10.6. The van der Waals surface area contributed by atoms with Gasteiger partial charge in [0.1, 0.15) is 0 Å². The van der Waals surface area contributed by atoms with E-state index in [1.807, 2.05) is 19.9 Å². The third kappa shape index (κ3) is 1.99. The van der Waals surface area contributed by atoms with E-state index in [0.29, 0.717) is 12.0 Å². The van der Waals surface area contributed by atoms with Crippen LogP contribution in [0.2, 0.25) is 0 Å². The molecule has 1 aliphatic heterocycles. The third-order valence-electron chi connectivity index (χ3n) is 1.87. The summed E-state index contributed by atoms with van der Waals surface area (Å²) in [6.45, 7) is 4.00. The van der Waals surface area contributed by atoms with Gasteiger partial charge in [0, 0.05) is 5.56 Å². The first-order valence-corrected chi connectivity index (χ1v) is 4.69. The molecule has 1 N–H and O–H groups in total. The van der Waals surface area contributed by atoms with Gasteiger partial charge in [0.2, 0.25) is 5.91 Å². The van der Waals surface area contributed by atoms with E-state index in [2.05, 4.69) is 5.32 Å². The van der Waals surface area contributed by atoms with Gasteiger partial charge in [0.05, 0.1) is 6.42 Å². The molecule has 1 heterocycles. The number of nitrogens with one attached hydrogen (secondary N) is 1. The summed E-state index contributed by atoms with van der Waals surface area (Å²) < 4.78 is 0. The van der Waals surface area contributed by atoms with Crippen molar-refractivity contribution in [2.24, 2.45) is 0 Å². The zero-order valence-corrected chi connectivity index (χ0v) is 8.33. The molecule has 0 aliphatic carbocycles. The molecule has 14 heavy (non-hydrogen) atoms. The minimum absolute atomic E-state index is 0.223. The number of hydrogen-bond acceptors (Lipinski definition) is 2. The topological polar surface area (TPSA) is 46.2 Å². The van der Waals surface area contributed by atoms with Crippen molar-refractivity contribution in [1.82, 2.24) is 5.32 Å². The summed E-state index contributed by atoms with van der Waals surface area (Å²) in [6, 6.07) is 7.13. The fourth-order valence-corrected chi connectivity index (χ4v) is 1.31. The van der Waals surface area contributed by atoms with Crippen molar-refractivity contribution in [1.29, 1.82) is 0 Å². The van der Waals surface area contributed by atoms with Crippen LogP contribution < -0.4 is 5.32 Å². The third-order valence-corrected chi connectivity index (χ3v) is 1.87. The predicted octanol–water partition coefficient (Wildman–Crippen LogP) is 1.53. The van der Waals surface area contributed by atoms with Crippen molar-refractivity contribution in [2.75, 3.05) is 0 Å². The maximum Gasteiger partial charge on any atom is 0.258 e. The molecule has 0 unspecified atom stereocenters. The SMILES string of the molecule is CC.O=C1Cc2ccccc2C(=O)N1. The highest BCUT2D eigenvalue weighted by Crippen LogP contribution is 2.12. The Bertz CT molecular complexity index is 358. The number of amides is 2. The molecule has 3 nitrogen and oxygen atoms in total. The zero-order valence-electron chi connectivity index (χ0n) is 8.33. The van der Waals surface area contributed by atoms with Gasteiger partial charge in [-0.25, -0.2) is 0 Å². The van der Waals surface area contributed by atoms with Gasteiger partial charge in [-0.2, -0.15) is 0 Å². The highest BCUT2D eigenvalue weighted by molar-refractivity contribution is 6.09. The van der Waals surface area contributed by atoms with Crippen molar-refractivity contribution in [3.05, 3.63) is 35.4 Å². The monoisotopic (exact) mass is 191 g/mol. The molecular weight excluding hydrogens is 178 g/mol. The van der Waals surface area contributed by atoms with Crippen LogP contribution in [0.25, 0.3) is 0 Å². The van der Waals surface area contributed by atoms with Gasteiger partial charge in [0.15, 0.2) is 0 Å². The van der Waals surface area contributed by atoms with Crippen molar-refractivity contribution >= 4 is 11.8 Å². The summed E-state index contributed by atoms with van der Waals surface area (Å²) >= 11 is 0. The van der Waals surface area contributed by atoms with Crippen LogP contribution in [-0.4, -0.2) is 11.8 Å². The first-order valence-electron chi connectivity index (χ1n) is 4.69. The van der Waals surface area contributed by atoms with Crippen molar-refractivity contribution < 1.29 is 9.59 Å². The lowest BCUT2D eigenvalue weighted by Gasteiger charge is -2.13. The van der Waals surface area contributed by atoms with E-state index in [0.717, 1.165) is 5.56 Å². The van der Waals surface area contributed by atoms with Crippen LogP contribution in [0.4, 0.5) is 0 Å². The molecule has 0 bridgehead atoms. The quantitative estimate of drug-likeness (QED) is 0.632. The first kappa shape index (κ1) is 10.4. The van der Waals surface area contributed by atoms with Crippen LogP contribution in [0.1, 0.15) is 29.8 Å². The largest absolute Gasteiger partial charge is 0.292 e. The van der Waals surface area contributed by atoms with E-state index in [1.54, 1.807) is 18.2 Å². The molecule has 0 radical (unpaired) electrons. The molecule has 0 atom stereocenters. The van der Waals surface area contributed by atoms with E-state index in [9.17, 15) is 9.59 Å². The van der Waals surface area contributed by atoms with Crippen molar-refractivity contribution in [2.45, 2.75) is 20.3 Å². The lowest BCUT2D eigenvalue weighted by Crippen LogP contribution is -2.37. The van der Waals surface area contributed by atoms with Crippen molar-refractivity contribution in [3.63, 3.8) is 0 Å². The van der Waals surface area contributed by atoms with Gasteiger partial charge in [-0.3, -0.25) is 14.9 Å². The smallest absolute Gasteiger partial charge is 0.258 e. The molecule has 3 heteroatoms. The average Bonchev–Trinajstić information content (AvgIpc) is 2.20. The van der Waals surface area contributed by atoms with Crippen LogP contribution >= 0.6 is 0 Å². The Balaban J connectivity index is 0.000000461. The maximum absolute atomic E-state index is 11.2. The molecule has 1 aromatic carbocycles. The van der Waals surface area contributed by atoms with E-state index >= 15 is 0 Å². The van der Waals surface area contributed by atoms with Crippen LogP contribution in [0.5, 0.6) is 0 Å². The first-order chi connectivity index (χ1) is 6.77. The number of carbonyl (C=O) groups excluding carboxylic acids is 2. The molecule has 2 amide bonds. The second-order valence-electron chi connectivity index (χ2n) is 2.71. The Morgan fingerprint density at radius 2 is 1.79 bits per heavy atom. The van der Waals surface area contributed by atoms with Gasteiger partial charge in [0.25, 0.3) is 5.91 Å². The minimum Gasteiger partial charge on any atom is -0.292 e. The van der Waals surface area contributed by atoms with Crippen LogP contribution in [0.3, 0.4) is 0 Å². The summed E-state index contributed by atoms with van der Waals surface area (Å²) in [5, 5.41) is 2.26. The number of carbonyl (C=O) groups is 2. The second-order valence-corrected chi connectivity index (χ2v) is 2.71. The van der Waals surface area contributed by atoms with Gasteiger partial charge in [-0.15, -0.1) is 0 Å². The predicted molar refractivity (Wildman–Crippen MR) is 54.0 cm³/mol. The Morgan fingerprint density at radius 1 is 1.14 bits per heavy atom. The number of hydrogen-bond donors (Lipinski definition) is 1. The highest BCUT2D eigenvalue weighted by atomic mass is 16.2. The number of rotatable bonds is 0. The highest BCUT2D eigenvalue weighted by Gasteiger charge is 2.20. The summed E-state index contributed by atoms with van der Waals surface area (Å²) in [4.78, 5) is 22.1. The summed E-state index contributed by atoms with van der Waals surface area (Å²) in [5.74, 6) is -0.513. The average molecular weight is 191 g/mol.